The van der Waals surface area contributed by atoms with Gasteiger partial charge in [0, 0.05) is 55.4 Å². The van der Waals surface area contributed by atoms with Gasteiger partial charge in [0.2, 0.25) is 0 Å². The molecule has 1 spiro atoms. The van der Waals surface area contributed by atoms with Gasteiger partial charge in [0.25, 0.3) is 0 Å². The molecule has 0 fully saturated rings. The highest BCUT2D eigenvalue weighted by molar-refractivity contribution is 6.04. The van der Waals surface area contributed by atoms with Crippen molar-refractivity contribution < 1.29 is 4.74 Å². The zero-order valence-corrected chi connectivity index (χ0v) is 38.0. The molecule has 0 N–H and O–H groups in total. The van der Waals surface area contributed by atoms with Gasteiger partial charge in [-0.3, -0.25) is 0 Å². The average molecular weight is 848 g/mol. The largest absolute Gasteiger partial charge is 0.455 e. The first-order valence-electron chi connectivity index (χ1n) is 23.3. The number of benzene rings is 9. The first-order valence-corrected chi connectivity index (χ1v) is 23.3. The van der Waals surface area contributed by atoms with Crippen LogP contribution in [0, 0.1) is 0 Å². The third kappa shape index (κ3) is 4.96. The fourth-order valence-electron chi connectivity index (χ4n) is 12.6. The molecule has 66 heavy (non-hydrogen) atoms. The molecular weight excluding hydrogens is 799 g/mol. The molecule has 1 aliphatic heterocycles. The number of ether oxygens (including phenoxy) is 1. The molecule has 0 amide bonds. The smallest absolute Gasteiger partial charge is 0.140 e. The van der Waals surface area contributed by atoms with Crippen molar-refractivity contribution in [3.8, 4) is 33.8 Å². The molecule has 0 radical (unpaired) electrons. The normalized spacial score (nSPS) is 16.1. The lowest BCUT2D eigenvalue weighted by Gasteiger charge is -2.41. The number of hydrogen-bond donors (Lipinski definition) is 0. The number of rotatable bonds is 5. The molecule has 316 valence electrons. The minimum Gasteiger partial charge on any atom is -0.455 e. The molecule has 0 aromatic heterocycles. The van der Waals surface area contributed by atoms with E-state index in [2.05, 4.69) is 234 Å². The van der Waals surface area contributed by atoms with Crippen molar-refractivity contribution in [1.29, 1.82) is 0 Å². The Bertz CT molecular complexity index is 3480. The van der Waals surface area contributed by atoms with Crippen molar-refractivity contribution in [1.82, 2.24) is 0 Å². The van der Waals surface area contributed by atoms with E-state index in [1.807, 2.05) is 0 Å². The highest BCUT2D eigenvalue weighted by atomic mass is 16.5. The molecule has 4 aliphatic rings. The van der Waals surface area contributed by atoms with E-state index >= 15 is 0 Å². The Kier molecular flexibility index (Phi) is 8.03. The van der Waals surface area contributed by atoms with Crippen LogP contribution in [-0.4, -0.2) is 0 Å². The predicted molar refractivity (Wildman–Crippen MR) is 275 cm³/mol. The summed E-state index contributed by atoms with van der Waals surface area (Å²) in [5, 5.41) is 4.50. The Morgan fingerprint density at radius 2 is 0.879 bits per heavy atom. The van der Waals surface area contributed by atoms with Crippen LogP contribution >= 0.6 is 0 Å². The quantitative estimate of drug-likeness (QED) is 0.171. The fraction of sp³-hybridized carbons (Fsp3) is 0.125. The predicted octanol–water partition coefficient (Wildman–Crippen LogP) is 16.7. The zero-order chi connectivity index (χ0) is 44.7. The Morgan fingerprint density at radius 1 is 0.455 bits per heavy atom. The van der Waals surface area contributed by atoms with Crippen molar-refractivity contribution in [3.63, 3.8) is 0 Å². The van der Waals surface area contributed by atoms with Crippen LogP contribution in [-0.2, 0) is 16.2 Å². The summed E-state index contributed by atoms with van der Waals surface area (Å²) in [5.74, 6) is 1.80. The van der Waals surface area contributed by atoms with E-state index < -0.39 is 5.41 Å². The van der Waals surface area contributed by atoms with Crippen LogP contribution in [0.4, 0.5) is 11.4 Å². The highest BCUT2D eigenvalue weighted by Crippen LogP contribution is 2.65. The maximum atomic E-state index is 7.31. The second-order valence-electron chi connectivity index (χ2n) is 19.6. The van der Waals surface area contributed by atoms with Gasteiger partial charge in [-0.05, 0) is 103 Å². The van der Waals surface area contributed by atoms with Gasteiger partial charge in [-0.25, -0.2) is 0 Å². The standard InChI is InChI=1S/C64H49NO/c1-7-18-56-59(48-25-14-17-28-55(48)64(56)57-33-29-40-19-8-10-21-44(40)60(57)66-61-45-22-11-9-20-41(45)30-34-58(61)64)39(2)65(42-31-35-53-49(37-42)46-23-12-15-26-51(46)62(53,3)4)43-32-36-54-50(38-43)47-24-13-16-27-52(47)63(54,5)6/h7-38H,2H2,1,3-6H3/b18-7-. The maximum absolute atomic E-state index is 7.31. The first-order chi connectivity index (χ1) is 32.1. The summed E-state index contributed by atoms with van der Waals surface area (Å²) < 4.78 is 7.31. The van der Waals surface area contributed by atoms with Crippen LogP contribution in [0.25, 0.3) is 49.4 Å². The monoisotopic (exact) mass is 847 g/mol. The van der Waals surface area contributed by atoms with E-state index in [4.69, 9.17) is 11.3 Å². The van der Waals surface area contributed by atoms with Gasteiger partial charge in [0.15, 0.2) is 0 Å². The molecule has 0 unspecified atom stereocenters. The van der Waals surface area contributed by atoms with Crippen LogP contribution in [0.1, 0.15) is 79.1 Å². The lowest BCUT2D eigenvalue weighted by molar-refractivity contribution is 0.446. The molecule has 0 bridgehead atoms. The number of fused-ring (bicyclic) bond motifs is 16. The van der Waals surface area contributed by atoms with Gasteiger partial charge in [-0.1, -0.05) is 204 Å². The highest BCUT2D eigenvalue weighted by Gasteiger charge is 2.53. The molecule has 2 heteroatoms. The summed E-state index contributed by atoms with van der Waals surface area (Å²) in [4.78, 5) is 2.44. The summed E-state index contributed by atoms with van der Waals surface area (Å²) in [6, 6.07) is 67.6. The average Bonchev–Trinajstić information content (AvgIpc) is 3.85. The summed E-state index contributed by atoms with van der Waals surface area (Å²) in [7, 11) is 0. The molecule has 1 heterocycles. The summed E-state index contributed by atoms with van der Waals surface area (Å²) in [6.45, 7) is 16.8. The van der Waals surface area contributed by atoms with Crippen LogP contribution in [0.3, 0.4) is 0 Å². The van der Waals surface area contributed by atoms with Crippen molar-refractivity contribution in [2.75, 3.05) is 4.90 Å². The zero-order valence-electron chi connectivity index (χ0n) is 38.0. The molecule has 9 aromatic carbocycles. The van der Waals surface area contributed by atoms with E-state index in [1.54, 1.807) is 0 Å². The SMILES string of the molecule is C=C(C1=C(/C=C\C)C2(c3ccccc31)c1ccc3ccccc3c1Oc1c2ccc2ccccc12)N(c1ccc2c(c1)-c1ccccc1C2(C)C)c1ccc2c(c1)-c1ccccc1C2(C)C. The number of allylic oxidation sites excluding steroid dienone is 4. The van der Waals surface area contributed by atoms with E-state index in [0.29, 0.717) is 0 Å². The van der Waals surface area contributed by atoms with Crippen LogP contribution in [0.5, 0.6) is 11.5 Å². The Morgan fingerprint density at radius 3 is 1.39 bits per heavy atom. The first kappa shape index (κ1) is 38.8. The third-order valence-corrected chi connectivity index (χ3v) is 15.6. The van der Waals surface area contributed by atoms with Crippen molar-refractivity contribution in [2.45, 2.75) is 50.9 Å². The summed E-state index contributed by atoms with van der Waals surface area (Å²) >= 11 is 0. The van der Waals surface area contributed by atoms with E-state index in [1.165, 1.54) is 61.2 Å². The minimum atomic E-state index is -0.730. The molecule has 0 atom stereocenters. The summed E-state index contributed by atoms with van der Waals surface area (Å²) in [6.07, 6.45) is 4.56. The number of hydrogen-bond acceptors (Lipinski definition) is 2. The van der Waals surface area contributed by atoms with E-state index in [0.717, 1.165) is 66.8 Å². The van der Waals surface area contributed by atoms with Crippen LogP contribution in [0.15, 0.2) is 212 Å². The topological polar surface area (TPSA) is 12.5 Å². The van der Waals surface area contributed by atoms with Crippen LogP contribution in [0.2, 0.25) is 0 Å². The second-order valence-corrected chi connectivity index (χ2v) is 19.6. The van der Waals surface area contributed by atoms with E-state index in [9.17, 15) is 0 Å². The maximum Gasteiger partial charge on any atom is 0.140 e. The van der Waals surface area contributed by atoms with Gasteiger partial charge in [-0.15, -0.1) is 0 Å². The Balaban J connectivity index is 1.12. The number of anilines is 2. The third-order valence-electron chi connectivity index (χ3n) is 15.6. The Labute approximate surface area is 387 Å². The van der Waals surface area contributed by atoms with Gasteiger partial charge < -0.3 is 9.64 Å². The number of nitrogens with zero attached hydrogens (tertiary/aromatic N) is 1. The van der Waals surface area contributed by atoms with Crippen LogP contribution < -0.4 is 9.64 Å². The fourth-order valence-corrected chi connectivity index (χ4v) is 12.6. The van der Waals surface area contributed by atoms with Crippen molar-refractivity contribution >= 4 is 38.5 Å². The molecule has 3 aliphatic carbocycles. The lowest BCUT2D eigenvalue weighted by atomic mass is 9.64. The minimum absolute atomic E-state index is 0.119. The molecule has 0 saturated heterocycles. The van der Waals surface area contributed by atoms with Gasteiger partial charge in [0.05, 0.1) is 5.41 Å². The van der Waals surface area contributed by atoms with Crippen molar-refractivity contribution in [3.05, 3.63) is 256 Å². The molecule has 13 rings (SSSR count). The molecule has 2 nitrogen and oxygen atoms in total. The lowest BCUT2D eigenvalue weighted by Crippen LogP contribution is -2.33. The van der Waals surface area contributed by atoms with E-state index in [-0.39, 0.29) is 10.8 Å². The Hall–Kier alpha value is -7.68. The van der Waals surface area contributed by atoms with Gasteiger partial charge in [0.1, 0.15) is 11.5 Å². The molecular formula is C64H49NO. The van der Waals surface area contributed by atoms with Gasteiger partial charge in [-0.2, -0.15) is 0 Å². The summed E-state index contributed by atoms with van der Waals surface area (Å²) in [5.41, 5.74) is 19.6. The van der Waals surface area contributed by atoms with Gasteiger partial charge >= 0.3 is 0 Å². The molecule has 9 aromatic rings. The van der Waals surface area contributed by atoms with Crippen molar-refractivity contribution in [2.24, 2.45) is 0 Å². The molecule has 0 saturated carbocycles. The second kappa shape index (κ2) is 13.7.